The summed E-state index contributed by atoms with van der Waals surface area (Å²) < 4.78 is 11.4. The molecule has 0 radical (unpaired) electrons. The molecule has 0 aliphatic heterocycles. The zero-order chi connectivity index (χ0) is 22.4. The number of nitrogens with zero attached hydrogens (tertiary/aromatic N) is 2. The van der Waals surface area contributed by atoms with Crippen LogP contribution in [0.3, 0.4) is 0 Å². The number of hydrazine groups is 1. The maximum absolute atomic E-state index is 12.0. The van der Waals surface area contributed by atoms with Crippen molar-refractivity contribution in [3.63, 3.8) is 0 Å². The van der Waals surface area contributed by atoms with Crippen LogP contribution in [0.25, 0.3) is 5.70 Å². The van der Waals surface area contributed by atoms with Gasteiger partial charge in [0, 0.05) is 7.05 Å². The van der Waals surface area contributed by atoms with Gasteiger partial charge >= 0.3 is 6.09 Å². The van der Waals surface area contributed by atoms with Gasteiger partial charge in [-0.3, -0.25) is 0 Å². The molecule has 0 aromatic carbocycles. The number of rotatable bonds is 9. The van der Waals surface area contributed by atoms with Crippen molar-refractivity contribution in [3.8, 4) is 5.75 Å². The predicted octanol–water partition coefficient (Wildman–Crippen LogP) is 3.45. The molecule has 0 bridgehead atoms. The average Bonchev–Trinajstić information content (AvgIpc) is 3.47. The number of ether oxygens (including phenoxy) is 2. The first-order valence-electron chi connectivity index (χ1n) is 11.3. The Morgan fingerprint density at radius 3 is 2.61 bits per heavy atom. The minimum absolute atomic E-state index is 0.149. The number of amides is 1. The number of nitrogens with two attached hydrogens (primary N) is 2. The number of alkyl carbamates (subject to hydrolysis) is 1. The van der Waals surface area contributed by atoms with Crippen LogP contribution in [-0.2, 0) is 4.74 Å². The SMILES string of the molecule is Cc1nc(/C(N)=C(\CNC(=O)OCCC2(C)CC2)N(C)N)ccc1OC1CCCCC1. The number of aromatic nitrogens is 1. The lowest BCUT2D eigenvalue weighted by Gasteiger charge is -2.24. The highest BCUT2D eigenvalue weighted by molar-refractivity contribution is 5.69. The Labute approximate surface area is 185 Å². The molecule has 1 amide bonds. The molecule has 31 heavy (non-hydrogen) atoms. The summed E-state index contributed by atoms with van der Waals surface area (Å²) in [6.07, 6.45) is 8.98. The highest BCUT2D eigenvalue weighted by Crippen LogP contribution is 2.47. The molecule has 0 spiro atoms. The summed E-state index contributed by atoms with van der Waals surface area (Å²) in [4.78, 5) is 16.7. The molecule has 2 fully saturated rings. The van der Waals surface area contributed by atoms with Gasteiger partial charge in [0.25, 0.3) is 0 Å². The molecule has 2 aliphatic rings. The van der Waals surface area contributed by atoms with Gasteiger partial charge in [-0.25, -0.2) is 15.6 Å². The van der Waals surface area contributed by atoms with Gasteiger partial charge in [0.05, 0.1) is 42.0 Å². The monoisotopic (exact) mass is 431 g/mol. The van der Waals surface area contributed by atoms with Gasteiger partial charge in [-0.2, -0.15) is 0 Å². The van der Waals surface area contributed by atoms with Gasteiger partial charge in [-0.15, -0.1) is 0 Å². The first-order valence-corrected chi connectivity index (χ1v) is 11.3. The Morgan fingerprint density at radius 2 is 2.00 bits per heavy atom. The fourth-order valence-corrected chi connectivity index (χ4v) is 3.80. The number of likely N-dealkylation sites (N-methyl/N-ethyl adjacent to an activating group) is 1. The number of nitrogens with one attached hydrogen (secondary N) is 1. The lowest BCUT2D eigenvalue weighted by Crippen LogP contribution is -2.36. The molecule has 0 saturated heterocycles. The van der Waals surface area contributed by atoms with Crippen molar-refractivity contribution in [1.29, 1.82) is 0 Å². The van der Waals surface area contributed by atoms with E-state index < -0.39 is 6.09 Å². The average molecular weight is 432 g/mol. The van der Waals surface area contributed by atoms with Crippen LogP contribution in [0, 0.1) is 12.3 Å². The maximum atomic E-state index is 12.0. The summed E-state index contributed by atoms with van der Waals surface area (Å²) in [5.41, 5.74) is 9.05. The van der Waals surface area contributed by atoms with Gasteiger partial charge in [-0.1, -0.05) is 13.3 Å². The third kappa shape index (κ3) is 6.75. The highest BCUT2D eigenvalue weighted by atomic mass is 16.5. The van der Waals surface area contributed by atoms with E-state index in [1.165, 1.54) is 37.1 Å². The second-order valence-corrected chi connectivity index (χ2v) is 9.18. The number of hydrogen-bond donors (Lipinski definition) is 3. The minimum atomic E-state index is -0.475. The largest absolute Gasteiger partial charge is 0.489 e. The third-order valence-corrected chi connectivity index (χ3v) is 6.34. The lowest BCUT2D eigenvalue weighted by atomic mass is 9.98. The summed E-state index contributed by atoms with van der Waals surface area (Å²) in [6.45, 7) is 4.69. The third-order valence-electron chi connectivity index (χ3n) is 6.34. The number of aryl methyl sites for hydroxylation is 1. The van der Waals surface area contributed by atoms with Crippen molar-refractivity contribution < 1.29 is 14.3 Å². The topological polar surface area (TPSA) is 116 Å². The van der Waals surface area contributed by atoms with E-state index >= 15 is 0 Å². The number of hydrogen-bond acceptors (Lipinski definition) is 7. The smallest absolute Gasteiger partial charge is 0.407 e. The summed E-state index contributed by atoms with van der Waals surface area (Å²) in [7, 11) is 1.68. The van der Waals surface area contributed by atoms with Crippen LogP contribution in [-0.4, -0.2) is 42.4 Å². The zero-order valence-corrected chi connectivity index (χ0v) is 19.1. The van der Waals surface area contributed by atoms with Gasteiger partial charge in [0.1, 0.15) is 5.75 Å². The molecule has 172 valence electrons. The number of carbonyl (C=O) groups excluding carboxylic acids is 1. The first kappa shape index (κ1) is 23.2. The Bertz CT molecular complexity index is 798. The Morgan fingerprint density at radius 1 is 1.29 bits per heavy atom. The zero-order valence-electron chi connectivity index (χ0n) is 19.1. The van der Waals surface area contributed by atoms with E-state index in [2.05, 4.69) is 17.2 Å². The van der Waals surface area contributed by atoms with Crippen LogP contribution in [0.1, 0.15) is 69.7 Å². The van der Waals surface area contributed by atoms with E-state index in [1.54, 1.807) is 7.05 Å². The van der Waals surface area contributed by atoms with Gasteiger partial charge in [0.15, 0.2) is 0 Å². The fourth-order valence-electron chi connectivity index (χ4n) is 3.80. The van der Waals surface area contributed by atoms with Crippen molar-refractivity contribution in [3.05, 3.63) is 29.2 Å². The molecule has 8 nitrogen and oxygen atoms in total. The first-order chi connectivity index (χ1) is 14.8. The summed E-state index contributed by atoms with van der Waals surface area (Å²) in [5, 5.41) is 4.12. The normalized spacial score (nSPS) is 18.7. The molecule has 0 unspecified atom stereocenters. The van der Waals surface area contributed by atoms with Crippen LogP contribution in [0.4, 0.5) is 4.79 Å². The van der Waals surface area contributed by atoms with Crippen LogP contribution in [0.15, 0.2) is 17.8 Å². The van der Waals surface area contributed by atoms with Gasteiger partial charge in [-0.05, 0) is 69.4 Å². The molecule has 1 heterocycles. The van der Waals surface area contributed by atoms with Crippen molar-refractivity contribution >= 4 is 11.8 Å². The molecule has 0 atom stereocenters. The Kier molecular flexibility index (Phi) is 7.64. The highest BCUT2D eigenvalue weighted by Gasteiger charge is 2.36. The Balaban J connectivity index is 1.60. The van der Waals surface area contributed by atoms with Crippen molar-refractivity contribution in [2.75, 3.05) is 20.2 Å². The molecular formula is C23H37N5O3. The summed E-state index contributed by atoms with van der Waals surface area (Å²) in [6, 6.07) is 3.74. The van der Waals surface area contributed by atoms with E-state index in [1.807, 2.05) is 19.1 Å². The summed E-state index contributed by atoms with van der Waals surface area (Å²) in [5.74, 6) is 6.76. The molecule has 3 rings (SSSR count). The second kappa shape index (κ2) is 10.2. The second-order valence-electron chi connectivity index (χ2n) is 9.18. The maximum Gasteiger partial charge on any atom is 0.407 e. The molecule has 1 aromatic rings. The molecule has 2 saturated carbocycles. The molecule has 5 N–H and O–H groups in total. The van der Waals surface area contributed by atoms with Crippen LogP contribution < -0.4 is 21.6 Å². The van der Waals surface area contributed by atoms with E-state index in [0.717, 1.165) is 30.7 Å². The van der Waals surface area contributed by atoms with Gasteiger partial charge in [0.2, 0.25) is 0 Å². The van der Waals surface area contributed by atoms with Crippen molar-refractivity contribution in [1.82, 2.24) is 15.3 Å². The molecule has 2 aliphatic carbocycles. The van der Waals surface area contributed by atoms with Crippen molar-refractivity contribution in [2.24, 2.45) is 17.0 Å². The number of pyridine rings is 1. The predicted molar refractivity (Wildman–Crippen MR) is 121 cm³/mol. The summed E-state index contributed by atoms with van der Waals surface area (Å²) >= 11 is 0. The van der Waals surface area contributed by atoms with Gasteiger partial charge < -0.3 is 25.5 Å². The van der Waals surface area contributed by atoms with Crippen molar-refractivity contribution in [2.45, 2.75) is 71.3 Å². The Hall–Kier alpha value is -2.48. The van der Waals surface area contributed by atoms with E-state index in [4.69, 9.17) is 21.1 Å². The standard InChI is InChI=1S/C23H37N5O3/c1-16-20(31-17-7-5-4-6-8-17)10-9-18(27-16)21(24)19(28(3)25)15-26-22(29)30-14-13-23(2)11-12-23/h9-10,17H,4-8,11-15,24-25H2,1-3H3,(H,26,29)/b21-19-. The van der Waals surface area contributed by atoms with E-state index in [9.17, 15) is 4.79 Å². The molecular weight excluding hydrogens is 394 g/mol. The minimum Gasteiger partial charge on any atom is -0.489 e. The van der Waals surface area contributed by atoms with E-state index in [0.29, 0.717) is 29.1 Å². The van der Waals surface area contributed by atoms with Crippen LogP contribution in [0.5, 0.6) is 5.75 Å². The quantitative estimate of drug-likeness (QED) is 0.405. The number of carbonyl (C=O) groups is 1. The lowest BCUT2D eigenvalue weighted by molar-refractivity contribution is 0.138. The van der Waals surface area contributed by atoms with E-state index in [-0.39, 0.29) is 12.6 Å². The molecule has 8 heteroatoms. The fraction of sp³-hybridized carbons (Fsp3) is 0.652. The van der Waals surface area contributed by atoms with Crippen LogP contribution >= 0.6 is 0 Å². The molecule has 1 aromatic heterocycles. The van der Waals surface area contributed by atoms with Crippen LogP contribution in [0.2, 0.25) is 0 Å².